The third kappa shape index (κ3) is 2.29. The van der Waals surface area contributed by atoms with E-state index in [0.29, 0.717) is 28.9 Å². The predicted molar refractivity (Wildman–Crippen MR) is 72.5 cm³/mol. The Labute approximate surface area is 112 Å². The highest BCUT2D eigenvalue weighted by Crippen LogP contribution is 2.32. The Bertz CT molecular complexity index is 469. The van der Waals surface area contributed by atoms with Gasteiger partial charge in [-0.15, -0.1) is 0 Å². The van der Waals surface area contributed by atoms with Crippen molar-refractivity contribution < 1.29 is 0 Å². The van der Waals surface area contributed by atoms with Crippen LogP contribution in [0.25, 0.3) is 0 Å². The fraction of sp³-hybridized carbons (Fsp3) is 0.538. The number of piperidine rings is 1. The molecule has 2 N–H and O–H groups in total. The highest BCUT2D eigenvalue weighted by molar-refractivity contribution is 6.34. The smallest absolute Gasteiger partial charge is 0.149 e. The Morgan fingerprint density at radius 3 is 3.11 bits per heavy atom. The van der Waals surface area contributed by atoms with Crippen molar-refractivity contribution in [3.05, 3.63) is 22.8 Å². The number of nitrogens with zero attached hydrogens (tertiary/aromatic N) is 3. The standard InChI is InChI=1S/C13H17ClN4/c1-9-3-2-6-18(11(9)8-16)13-12(14)10(7-15)4-5-17-13/h4-5,9,11H,2-3,6,8,16H2,1H3. The largest absolute Gasteiger partial charge is 0.351 e. The molecule has 4 nitrogen and oxygen atoms in total. The monoisotopic (exact) mass is 264 g/mol. The summed E-state index contributed by atoms with van der Waals surface area (Å²) in [6.07, 6.45) is 3.91. The molecule has 0 radical (unpaired) electrons. The fourth-order valence-electron chi connectivity index (χ4n) is 2.59. The van der Waals surface area contributed by atoms with Gasteiger partial charge in [0.15, 0.2) is 0 Å². The van der Waals surface area contributed by atoms with E-state index in [0.717, 1.165) is 13.0 Å². The summed E-state index contributed by atoms with van der Waals surface area (Å²) in [5.74, 6) is 1.21. The quantitative estimate of drug-likeness (QED) is 0.889. The Morgan fingerprint density at radius 1 is 1.67 bits per heavy atom. The lowest BCUT2D eigenvalue weighted by atomic mass is 9.91. The number of hydrogen-bond donors (Lipinski definition) is 1. The van der Waals surface area contributed by atoms with Crippen LogP contribution in [0.5, 0.6) is 0 Å². The van der Waals surface area contributed by atoms with Crippen molar-refractivity contribution in [3.63, 3.8) is 0 Å². The second-order valence-electron chi connectivity index (χ2n) is 4.72. The fourth-order valence-corrected chi connectivity index (χ4v) is 2.85. The van der Waals surface area contributed by atoms with Gasteiger partial charge in [0.2, 0.25) is 0 Å². The van der Waals surface area contributed by atoms with E-state index in [1.807, 2.05) is 0 Å². The normalized spacial score (nSPS) is 23.8. The first kappa shape index (κ1) is 13.1. The maximum absolute atomic E-state index is 9.01. The molecule has 96 valence electrons. The Balaban J connectivity index is 2.38. The van der Waals surface area contributed by atoms with E-state index in [1.165, 1.54) is 6.42 Å². The minimum absolute atomic E-state index is 0.248. The van der Waals surface area contributed by atoms with Gasteiger partial charge in [0.05, 0.1) is 5.56 Å². The lowest BCUT2D eigenvalue weighted by Crippen LogP contribution is -2.49. The van der Waals surface area contributed by atoms with Crippen LogP contribution >= 0.6 is 11.6 Å². The number of anilines is 1. The van der Waals surface area contributed by atoms with E-state index < -0.39 is 0 Å². The van der Waals surface area contributed by atoms with Crippen LogP contribution in [-0.4, -0.2) is 24.1 Å². The van der Waals surface area contributed by atoms with E-state index in [-0.39, 0.29) is 6.04 Å². The first-order valence-corrected chi connectivity index (χ1v) is 6.58. The summed E-state index contributed by atoms with van der Waals surface area (Å²) in [6, 6.07) is 3.97. The molecule has 18 heavy (non-hydrogen) atoms. The summed E-state index contributed by atoms with van der Waals surface area (Å²) >= 11 is 6.24. The van der Waals surface area contributed by atoms with Crippen molar-refractivity contribution >= 4 is 17.4 Å². The molecule has 1 saturated heterocycles. The molecule has 0 aliphatic carbocycles. The van der Waals surface area contributed by atoms with Gasteiger partial charge in [0, 0.05) is 25.3 Å². The summed E-state index contributed by atoms with van der Waals surface area (Å²) in [6.45, 7) is 3.68. The zero-order chi connectivity index (χ0) is 13.1. The van der Waals surface area contributed by atoms with Crippen LogP contribution in [0.4, 0.5) is 5.82 Å². The Hall–Kier alpha value is -1.31. The number of halogens is 1. The minimum atomic E-state index is 0.248. The molecule has 1 aliphatic heterocycles. The number of aromatic nitrogens is 1. The van der Waals surface area contributed by atoms with Gasteiger partial charge in [-0.2, -0.15) is 5.26 Å². The zero-order valence-electron chi connectivity index (χ0n) is 10.4. The maximum atomic E-state index is 9.01. The molecule has 2 unspecified atom stereocenters. The Kier molecular flexibility index (Phi) is 4.05. The molecule has 0 spiro atoms. The summed E-state index contributed by atoms with van der Waals surface area (Å²) in [4.78, 5) is 6.48. The van der Waals surface area contributed by atoms with Crippen molar-refractivity contribution in [2.24, 2.45) is 11.7 Å². The van der Waals surface area contributed by atoms with Gasteiger partial charge in [-0.25, -0.2) is 4.98 Å². The highest BCUT2D eigenvalue weighted by Gasteiger charge is 2.29. The maximum Gasteiger partial charge on any atom is 0.149 e. The third-order valence-corrected chi connectivity index (χ3v) is 3.99. The molecule has 1 aromatic rings. The van der Waals surface area contributed by atoms with Crippen LogP contribution in [0, 0.1) is 17.2 Å². The van der Waals surface area contributed by atoms with E-state index in [2.05, 4.69) is 22.9 Å². The molecule has 0 bridgehead atoms. The predicted octanol–water partition coefficient (Wildman–Crippen LogP) is 2.17. The molecule has 2 rings (SSSR count). The minimum Gasteiger partial charge on any atom is -0.351 e. The molecular weight excluding hydrogens is 248 g/mol. The number of pyridine rings is 1. The molecule has 2 atom stereocenters. The van der Waals surface area contributed by atoms with Crippen molar-refractivity contribution in [1.29, 1.82) is 5.26 Å². The number of nitrogens with two attached hydrogens (primary N) is 1. The topological polar surface area (TPSA) is 65.9 Å². The zero-order valence-corrected chi connectivity index (χ0v) is 11.2. The summed E-state index contributed by atoms with van der Waals surface area (Å²) in [5.41, 5.74) is 6.33. The van der Waals surface area contributed by atoms with E-state index >= 15 is 0 Å². The number of rotatable bonds is 2. The van der Waals surface area contributed by atoms with Gasteiger partial charge in [-0.05, 0) is 24.8 Å². The third-order valence-electron chi connectivity index (χ3n) is 3.62. The molecular formula is C13H17ClN4. The first-order chi connectivity index (χ1) is 8.69. The van der Waals surface area contributed by atoms with Crippen LogP contribution < -0.4 is 10.6 Å². The van der Waals surface area contributed by atoms with E-state index in [9.17, 15) is 0 Å². The van der Waals surface area contributed by atoms with Gasteiger partial charge in [-0.3, -0.25) is 0 Å². The second kappa shape index (κ2) is 5.55. The van der Waals surface area contributed by atoms with Gasteiger partial charge in [0.25, 0.3) is 0 Å². The molecule has 5 heteroatoms. The molecule has 1 aliphatic rings. The molecule has 2 heterocycles. The average molecular weight is 265 g/mol. The average Bonchev–Trinajstić information content (AvgIpc) is 2.39. The lowest BCUT2D eigenvalue weighted by molar-refractivity contribution is 0.348. The first-order valence-electron chi connectivity index (χ1n) is 6.20. The SMILES string of the molecule is CC1CCCN(c2nccc(C#N)c2Cl)C1CN. The summed E-state index contributed by atoms with van der Waals surface area (Å²) in [5, 5.41) is 9.45. The van der Waals surface area contributed by atoms with Crippen LogP contribution in [0.2, 0.25) is 5.02 Å². The van der Waals surface area contributed by atoms with Crippen LogP contribution in [-0.2, 0) is 0 Å². The van der Waals surface area contributed by atoms with Crippen molar-refractivity contribution in [1.82, 2.24) is 4.98 Å². The van der Waals surface area contributed by atoms with Crippen molar-refractivity contribution in [3.8, 4) is 6.07 Å². The molecule has 0 aromatic carbocycles. The molecule has 0 amide bonds. The van der Waals surface area contributed by atoms with Crippen LogP contribution in [0.3, 0.4) is 0 Å². The summed E-state index contributed by atoms with van der Waals surface area (Å²) in [7, 11) is 0. The summed E-state index contributed by atoms with van der Waals surface area (Å²) < 4.78 is 0. The Morgan fingerprint density at radius 2 is 2.44 bits per heavy atom. The van der Waals surface area contributed by atoms with E-state index in [1.54, 1.807) is 12.3 Å². The van der Waals surface area contributed by atoms with Gasteiger partial charge < -0.3 is 10.6 Å². The molecule has 0 saturated carbocycles. The van der Waals surface area contributed by atoms with Crippen molar-refractivity contribution in [2.45, 2.75) is 25.8 Å². The van der Waals surface area contributed by atoms with Crippen LogP contribution in [0.1, 0.15) is 25.3 Å². The van der Waals surface area contributed by atoms with Crippen molar-refractivity contribution in [2.75, 3.05) is 18.0 Å². The highest BCUT2D eigenvalue weighted by atomic mass is 35.5. The second-order valence-corrected chi connectivity index (χ2v) is 5.10. The van der Waals surface area contributed by atoms with Crippen LogP contribution in [0.15, 0.2) is 12.3 Å². The van der Waals surface area contributed by atoms with Gasteiger partial charge >= 0.3 is 0 Å². The van der Waals surface area contributed by atoms with E-state index in [4.69, 9.17) is 22.6 Å². The molecule has 1 aromatic heterocycles. The number of nitriles is 1. The number of hydrogen-bond acceptors (Lipinski definition) is 4. The lowest BCUT2D eigenvalue weighted by Gasteiger charge is -2.40. The molecule has 1 fully saturated rings. The van der Waals surface area contributed by atoms with Gasteiger partial charge in [0.1, 0.15) is 16.9 Å². The van der Waals surface area contributed by atoms with Gasteiger partial charge in [-0.1, -0.05) is 18.5 Å².